The van der Waals surface area contributed by atoms with E-state index in [-0.39, 0.29) is 5.69 Å². The third-order valence-electron chi connectivity index (χ3n) is 4.09. The van der Waals surface area contributed by atoms with Gasteiger partial charge in [0, 0.05) is 17.1 Å². The Morgan fingerprint density at radius 2 is 1.68 bits per heavy atom. The minimum Gasteiger partial charge on any atom is -0.319 e. The minimum atomic E-state index is -0.483. The lowest BCUT2D eigenvalue weighted by Gasteiger charge is -2.13. The van der Waals surface area contributed by atoms with E-state index in [1.807, 2.05) is 43.5 Å². The van der Waals surface area contributed by atoms with E-state index in [0.717, 1.165) is 22.6 Å². The summed E-state index contributed by atoms with van der Waals surface area (Å²) in [6.45, 7) is 5.81. The fourth-order valence-corrected chi connectivity index (χ4v) is 3.03. The minimum absolute atomic E-state index is 0.139. The van der Waals surface area contributed by atoms with Crippen molar-refractivity contribution in [3.63, 3.8) is 0 Å². The number of hydrogen-bond acceptors (Lipinski definition) is 1. The highest BCUT2D eigenvalue weighted by Crippen LogP contribution is 2.24. The maximum absolute atomic E-state index is 13.9. The molecule has 0 radical (unpaired) electrons. The third-order valence-corrected chi connectivity index (χ3v) is 4.42. The molecule has 0 spiro atoms. The topological polar surface area (TPSA) is 34.0 Å². The van der Waals surface area contributed by atoms with E-state index >= 15 is 0 Å². The van der Waals surface area contributed by atoms with Crippen LogP contribution < -0.4 is 5.32 Å². The molecule has 0 aliphatic rings. The zero-order valence-corrected chi connectivity index (χ0v) is 15.0. The van der Waals surface area contributed by atoms with Crippen LogP contribution in [-0.2, 0) is 0 Å². The van der Waals surface area contributed by atoms with E-state index in [1.54, 1.807) is 24.3 Å². The summed E-state index contributed by atoms with van der Waals surface area (Å²) in [7, 11) is 0. The molecule has 3 nitrogen and oxygen atoms in total. The van der Waals surface area contributed by atoms with Crippen LogP contribution in [0.15, 0.2) is 48.5 Å². The molecule has 25 heavy (non-hydrogen) atoms. The Morgan fingerprint density at radius 3 is 2.36 bits per heavy atom. The molecule has 1 aromatic heterocycles. The van der Waals surface area contributed by atoms with Crippen LogP contribution in [0.2, 0.25) is 5.02 Å². The van der Waals surface area contributed by atoms with Crippen molar-refractivity contribution in [1.29, 1.82) is 0 Å². The van der Waals surface area contributed by atoms with Gasteiger partial charge in [-0.25, -0.2) is 4.39 Å². The number of amides is 1. The molecule has 0 fully saturated rings. The predicted molar refractivity (Wildman–Crippen MR) is 99.3 cm³/mol. The second-order valence-electron chi connectivity index (χ2n) is 6.05. The van der Waals surface area contributed by atoms with Gasteiger partial charge in [0.2, 0.25) is 0 Å². The molecule has 1 heterocycles. The van der Waals surface area contributed by atoms with Gasteiger partial charge in [-0.05, 0) is 68.8 Å². The average Bonchev–Trinajstić information content (AvgIpc) is 2.90. The molecule has 0 saturated carbocycles. The summed E-state index contributed by atoms with van der Waals surface area (Å²) in [5, 5.41) is 2.92. The molecule has 0 bridgehead atoms. The van der Waals surface area contributed by atoms with Gasteiger partial charge in [0.1, 0.15) is 5.82 Å². The Balaban J connectivity index is 1.98. The highest BCUT2D eigenvalue weighted by molar-refractivity contribution is 6.34. The number of nitrogens with zero attached hydrogens (tertiary/aromatic N) is 1. The standard InChI is InChI=1S/C20H18ClFN2O/c1-12-4-9-18(22)19(10-12)23-20(25)16-11-15(7-8-17(16)21)24-13(2)5-6-14(24)3/h4-11H,1-3H3,(H,23,25). The first-order chi connectivity index (χ1) is 11.9. The van der Waals surface area contributed by atoms with E-state index in [9.17, 15) is 9.18 Å². The molecule has 5 heteroatoms. The van der Waals surface area contributed by atoms with Crippen LogP contribution in [0.4, 0.5) is 10.1 Å². The van der Waals surface area contributed by atoms with Gasteiger partial charge in [-0.1, -0.05) is 17.7 Å². The normalized spacial score (nSPS) is 10.8. The van der Waals surface area contributed by atoms with Gasteiger partial charge < -0.3 is 9.88 Å². The van der Waals surface area contributed by atoms with Gasteiger partial charge in [-0.3, -0.25) is 4.79 Å². The van der Waals surface area contributed by atoms with E-state index in [2.05, 4.69) is 5.32 Å². The summed E-state index contributed by atoms with van der Waals surface area (Å²) in [5.74, 6) is -0.929. The lowest BCUT2D eigenvalue weighted by Crippen LogP contribution is -2.14. The van der Waals surface area contributed by atoms with Gasteiger partial charge in [-0.15, -0.1) is 0 Å². The van der Waals surface area contributed by atoms with Gasteiger partial charge >= 0.3 is 0 Å². The number of benzene rings is 2. The van der Waals surface area contributed by atoms with Crippen molar-refractivity contribution >= 4 is 23.2 Å². The Kier molecular flexibility index (Phi) is 4.64. The summed E-state index contributed by atoms with van der Waals surface area (Å²) < 4.78 is 15.9. The summed E-state index contributed by atoms with van der Waals surface area (Å²) in [4.78, 5) is 12.6. The summed E-state index contributed by atoms with van der Waals surface area (Å²) in [6, 6.07) is 13.8. The van der Waals surface area contributed by atoms with Gasteiger partial charge in [0.15, 0.2) is 0 Å². The first kappa shape index (κ1) is 17.2. The number of nitrogens with one attached hydrogen (secondary N) is 1. The molecule has 3 rings (SSSR count). The SMILES string of the molecule is Cc1ccc(F)c(NC(=O)c2cc(-n3c(C)ccc3C)ccc2Cl)c1. The van der Waals surface area contributed by atoms with Crippen molar-refractivity contribution in [2.24, 2.45) is 0 Å². The highest BCUT2D eigenvalue weighted by atomic mass is 35.5. The van der Waals surface area contributed by atoms with Crippen LogP contribution in [0.25, 0.3) is 5.69 Å². The fraction of sp³-hybridized carbons (Fsp3) is 0.150. The first-order valence-electron chi connectivity index (χ1n) is 7.89. The van der Waals surface area contributed by atoms with Crippen molar-refractivity contribution in [2.75, 3.05) is 5.32 Å². The quantitative estimate of drug-likeness (QED) is 0.665. The Hall–Kier alpha value is -2.59. The molecule has 1 amide bonds. The molecule has 0 unspecified atom stereocenters. The molecule has 0 saturated heterocycles. The van der Waals surface area contributed by atoms with E-state index < -0.39 is 11.7 Å². The number of rotatable bonds is 3. The molecule has 0 atom stereocenters. The molecule has 1 N–H and O–H groups in total. The number of halogens is 2. The van der Waals surface area contributed by atoms with Gasteiger partial charge in [0.05, 0.1) is 16.3 Å². The number of aryl methyl sites for hydroxylation is 3. The Bertz CT molecular complexity index is 943. The number of hydrogen-bond donors (Lipinski definition) is 1. The molecular formula is C20H18ClFN2O. The van der Waals surface area contributed by atoms with Crippen LogP contribution in [0, 0.1) is 26.6 Å². The third kappa shape index (κ3) is 3.44. The van der Waals surface area contributed by atoms with Crippen molar-refractivity contribution in [2.45, 2.75) is 20.8 Å². The van der Waals surface area contributed by atoms with Gasteiger partial charge in [0.25, 0.3) is 5.91 Å². The summed E-state index contributed by atoms with van der Waals surface area (Å²) >= 11 is 6.21. The summed E-state index contributed by atoms with van der Waals surface area (Å²) in [6.07, 6.45) is 0. The van der Waals surface area contributed by atoms with Crippen LogP contribution in [-0.4, -0.2) is 10.5 Å². The van der Waals surface area contributed by atoms with Crippen LogP contribution in [0.1, 0.15) is 27.3 Å². The van der Waals surface area contributed by atoms with Crippen molar-refractivity contribution in [3.05, 3.63) is 81.9 Å². The van der Waals surface area contributed by atoms with Crippen LogP contribution in [0.3, 0.4) is 0 Å². The van der Waals surface area contributed by atoms with Gasteiger partial charge in [-0.2, -0.15) is 0 Å². The second kappa shape index (κ2) is 6.73. The predicted octanol–water partition coefficient (Wildman–Crippen LogP) is 5.45. The maximum Gasteiger partial charge on any atom is 0.257 e. The van der Waals surface area contributed by atoms with E-state index in [4.69, 9.17) is 11.6 Å². The molecule has 3 aromatic rings. The average molecular weight is 357 g/mol. The zero-order valence-electron chi connectivity index (χ0n) is 14.2. The number of anilines is 1. The molecular weight excluding hydrogens is 339 g/mol. The fourth-order valence-electron chi connectivity index (χ4n) is 2.83. The van der Waals surface area contributed by atoms with E-state index in [1.165, 1.54) is 6.07 Å². The Labute approximate surface area is 151 Å². The largest absolute Gasteiger partial charge is 0.319 e. The van der Waals surface area contributed by atoms with E-state index in [0.29, 0.717) is 10.6 Å². The molecule has 128 valence electrons. The molecule has 2 aromatic carbocycles. The van der Waals surface area contributed by atoms with Crippen LogP contribution >= 0.6 is 11.6 Å². The maximum atomic E-state index is 13.9. The van der Waals surface area contributed by atoms with Crippen molar-refractivity contribution in [1.82, 2.24) is 4.57 Å². The second-order valence-corrected chi connectivity index (χ2v) is 6.46. The molecule has 0 aliphatic heterocycles. The van der Waals surface area contributed by atoms with Crippen LogP contribution in [0.5, 0.6) is 0 Å². The Morgan fingerprint density at radius 1 is 1.00 bits per heavy atom. The first-order valence-corrected chi connectivity index (χ1v) is 8.27. The molecule has 0 aliphatic carbocycles. The highest BCUT2D eigenvalue weighted by Gasteiger charge is 2.15. The lowest BCUT2D eigenvalue weighted by atomic mass is 10.1. The zero-order chi connectivity index (χ0) is 18.1. The summed E-state index contributed by atoms with van der Waals surface area (Å²) in [5.41, 5.74) is 4.23. The number of aromatic nitrogens is 1. The number of carbonyl (C=O) groups is 1. The monoisotopic (exact) mass is 356 g/mol. The van der Waals surface area contributed by atoms with Crippen molar-refractivity contribution < 1.29 is 9.18 Å². The van der Waals surface area contributed by atoms with Crippen molar-refractivity contribution in [3.8, 4) is 5.69 Å². The smallest absolute Gasteiger partial charge is 0.257 e. The number of carbonyl (C=O) groups excluding carboxylic acids is 1. The lowest BCUT2D eigenvalue weighted by molar-refractivity contribution is 0.102.